The van der Waals surface area contributed by atoms with Crippen LogP contribution in [-0.4, -0.2) is 26.9 Å². The predicted molar refractivity (Wildman–Crippen MR) is 105 cm³/mol. The van der Waals surface area contributed by atoms with Gasteiger partial charge in [-0.1, -0.05) is 18.2 Å². The van der Waals surface area contributed by atoms with E-state index in [1.807, 2.05) is 0 Å². The Morgan fingerprint density at radius 1 is 1.28 bits per heavy atom. The van der Waals surface area contributed by atoms with Gasteiger partial charge in [-0.15, -0.1) is 0 Å². The van der Waals surface area contributed by atoms with Crippen molar-refractivity contribution in [3.05, 3.63) is 93.7 Å². The molecule has 0 fully saturated rings. The lowest BCUT2D eigenvalue weighted by Gasteiger charge is -2.07. The van der Waals surface area contributed by atoms with E-state index in [-0.39, 0.29) is 30.6 Å². The second-order valence-electron chi connectivity index (χ2n) is 6.20. The minimum absolute atomic E-state index is 0.0860. The van der Waals surface area contributed by atoms with Crippen molar-refractivity contribution in [1.29, 1.82) is 0 Å². The second kappa shape index (κ2) is 8.92. The molecule has 0 radical (unpaired) electrons. The molecule has 1 heterocycles. The van der Waals surface area contributed by atoms with Gasteiger partial charge in [0, 0.05) is 12.5 Å². The van der Waals surface area contributed by atoms with Gasteiger partial charge in [0.25, 0.3) is 0 Å². The van der Waals surface area contributed by atoms with Gasteiger partial charge in [0.1, 0.15) is 30.9 Å². The van der Waals surface area contributed by atoms with Crippen molar-refractivity contribution in [1.82, 2.24) is 9.55 Å². The van der Waals surface area contributed by atoms with E-state index in [1.165, 1.54) is 29.0 Å². The van der Waals surface area contributed by atoms with Gasteiger partial charge in [-0.25, -0.2) is 13.9 Å². The first-order chi connectivity index (χ1) is 13.9. The molecule has 148 valence electrons. The van der Waals surface area contributed by atoms with E-state index in [1.54, 1.807) is 49.4 Å². The summed E-state index contributed by atoms with van der Waals surface area (Å²) in [6.45, 7) is 2.18. The van der Waals surface area contributed by atoms with Crippen molar-refractivity contribution < 1.29 is 18.8 Å². The van der Waals surface area contributed by atoms with Crippen molar-refractivity contribution in [2.45, 2.75) is 13.5 Å². The van der Waals surface area contributed by atoms with Crippen molar-refractivity contribution in [2.24, 2.45) is 0 Å². The van der Waals surface area contributed by atoms with Crippen LogP contribution in [-0.2, 0) is 6.54 Å². The number of imidazole rings is 1. The van der Waals surface area contributed by atoms with Crippen LogP contribution < -0.4 is 4.74 Å². The molecule has 0 spiro atoms. The maximum absolute atomic E-state index is 13.2. The first-order valence-corrected chi connectivity index (χ1v) is 8.81. The van der Waals surface area contributed by atoms with E-state index in [9.17, 15) is 19.3 Å². The Hall–Kier alpha value is -3.81. The highest BCUT2D eigenvalue weighted by Gasteiger charge is 2.16. The van der Waals surface area contributed by atoms with Crippen LogP contribution in [0.15, 0.2) is 60.8 Å². The van der Waals surface area contributed by atoms with Crippen LogP contribution in [0, 0.1) is 22.9 Å². The molecule has 0 bridgehead atoms. The molecule has 0 atom stereocenters. The summed E-state index contributed by atoms with van der Waals surface area (Å²) in [4.78, 5) is 26.7. The zero-order valence-corrected chi connectivity index (χ0v) is 15.6. The SMILES string of the molecule is Cc1ncc([N+](=O)[O-])n1CCOc1ccc(C(=O)/C=C/c2cccc(F)c2)cc1. The first kappa shape index (κ1) is 19.9. The number of ether oxygens (including phenoxy) is 1. The molecule has 29 heavy (non-hydrogen) atoms. The van der Waals surface area contributed by atoms with Crippen molar-refractivity contribution in [3.63, 3.8) is 0 Å². The third kappa shape index (κ3) is 5.13. The summed E-state index contributed by atoms with van der Waals surface area (Å²) >= 11 is 0. The molecule has 0 saturated carbocycles. The monoisotopic (exact) mass is 395 g/mol. The summed E-state index contributed by atoms with van der Waals surface area (Å²) in [6, 6.07) is 12.5. The smallest absolute Gasteiger partial charge is 0.342 e. The molecule has 7 nitrogen and oxygen atoms in total. The molecule has 0 amide bonds. The molecule has 0 N–H and O–H groups in total. The number of hydrogen-bond acceptors (Lipinski definition) is 5. The molecule has 3 aromatic rings. The third-order valence-electron chi connectivity index (χ3n) is 4.22. The van der Waals surface area contributed by atoms with Gasteiger partial charge in [-0.2, -0.15) is 0 Å². The molecule has 8 heteroatoms. The third-order valence-corrected chi connectivity index (χ3v) is 4.22. The number of carbonyl (C=O) groups excluding carboxylic acids is 1. The lowest BCUT2D eigenvalue weighted by molar-refractivity contribution is -0.392. The van der Waals surface area contributed by atoms with Gasteiger partial charge in [-0.3, -0.25) is 4.79 Å². The number of halogens is 1. The summed E-state index contributed by atoms with van der Waals surface area (Å²) < 4.78 is 20.2. The predicted octanol–water partition coefficient (Wildman–Crippen LogP) is 4.21. The van der Waals surface area contributed by atoms with Gasteiger partial charge in [0.2, 0.25) is 0 Å². The van der Waals surface area contributed by atoms with Gasteiger partial charge >= 0.3 is 5.82 Å². The maximum Gasteiger partial charge on any atom is 0.342 e. The largest absolute Gasteiger partial charge is 0.489 e. The topological polar surface area (TPSA) is 87.3 Å². The molecule has 0 unspecified atom stereocenters. The van der Waals surface area contributed by atoms with Crippen LogP contribution >= 0.6 is 0 Å². The second-order valence-corrected chi connectivity index (χ2v) is 6.20. The highest BCUT2D eigenvalue weighted by atomic mass is 19.1. The molecule has 0 aliphatic carbocycles. The van der Waals surface area contributed by atoms with E-state index >= 15 is 0 Å². The summed E-state index contributed by atoms with van der Waals surface area (Å²) in [5.74, 6) is 0.405. The quantitative estimate of drug-likeness (QED) is 0.247. The minimum Gasteiger partial charge on any atom is -0.489 e. The number of allylic oxidation sites excluding steroid dienone is 1. The van der Waals surface area contributed by atoms with Crippen molar-refractivity contribution >= 4 is 17.7 Å². The fourth-order valence-corrected chi connectivity index (χ4v) is 2.73. The van der Waals surface area contributed by atoms with E-state index in [2.05, 4.69) is 4.98 Å². The number of aryl methyl sites for hydroxylation is 1. The molecular weight excluding hydrogens is 377 g/mol. The Bertz CT molecular complexity index is 1060. The zero-order valence-electron chi connectivity index (χ0n) is 15.6. The minimum atomic E-state index is -0.488. The normalized spacial score (nSPS) is 11.0. The fraction of sp³-hybridized carbons (Fsp3) is 0.143. The summed E-state index contributed by atoms with van der Waals surface area (Å²) in [5.41, 5.74) is 1.06. The van der Waals surface area contributed by atoms with Crippen molar-refractivity contribution in [3.8, 4) is 5.75 Å². The van der Waals surface area contributed by atoms with E-state index in [0.717, 1.165) is 0 Å². The van der Waals surface area contributed by atoms with Gasteiger partial charge in [-0.05, 0) is 53.0 Å². The number of nitro groups is 1. The number of rotatable bonds is 8. The molecule has 3 rings (SSSR count). The van der Waals surface area contributed by atoms with Crippen molar-refractivity contribution in [2.75, 3.05) is 6.61 Å². The number of aromatic nitrogens is 2. The van der Waals surface area contributed by atoms with Crippen LogP contribution in [0.3, 0.4) is 0 Å². The maximum atomic E-state index is 13.2. The van der Waals surface area contributed by atoms with Crippen LogP contribution in [0.25, 0.3) is 6.08 Å². The Balaban J connectivity index is 1.57. The summed E-state index contributed by atoms with van der Waals surface area (Å²) in [6.07, 6.45) is 4.15. The molecule has 2 aromatic carbocycles. The summed E-state index contributed by atoms with van der Waals surface area (Å²) in [7, 11) is 0. The number of nitrogens with zero attached hydrogens (tertiary/aromatic N) is 3. The number of hydrogen-bond donors (Lipinski definition) is 0. The van der Waals surface area contributed by atoms with Gasteiger partial charge in [0.05, 0.1) is 0 Å². The summed E-state index contributed by atoms with van der Waals surface area (Å²) in [5, 5.41) is 11.0. The molecule has 0 saturated heterocycles. The van der Waals surface area contributed by atoms with Gasteiger partial charge in [0.15, 0.2) is 11.6 Å². The average molecular weight is 395 g/mol. The van der Waals surface area contributed by atoms with Gasteiger partial charge < -0.3 is 14.9 Å². The van der Waals surface area contributed by atoms with Crippen LogP contribution in [0.4, 0.5) is 10.2 Å². The highest BCUT2D eigenvalue weighted by Crippen LogP contribution is 2.16. The molecular formula is C21H18FN3O4. The Labute approximate surface area is 166 Å². The van der Waals surface area contributed by atoms with Crippen LogP contribution in [0.1, 0.15) is 21.7 Å². The number of benzene rings is 2. The average Bonchev–Trinajstić information content (AvgIpc) is 3.07. The molecule has 1 aromatic heterocycles. The standard InChI is InChI=1S/C21H18FN3O4/c1-15-23-14-21(25(27)28)24(15)11-12-29-19-8-6-17(7-9-19)20(26)10-5-16-3-2-4-18(22)13-16/h2-10,13-14H,11-12H2,1H3/b10-5+. The fourth-order valence-electron chi connectivity index (χ4n) is 2.73. The van der Waals surface area contributed by atoms with Crippen LogP contribution in [0.2, 0.25) is 0 Å². The number of carbonyl (C=O) groups is 1. The van der Waals surface area contributed by atoms with Crippen LogP contribution in [0.5, 0.6) is 5.75 Å². The van der Waals surface area contributed by atoms with E-state index < -0.39 is 4.92 Å². The van der Waals surface area contributed by atoms with E-state index in [4.69, 9.17) is 4.74 Å². The lowest BCUT2D eigenvalue weighted by atomic mass is 10.1. The van der Waals surface area contributed by atoms with E-state index in [0.29, 0.717) is 22.7 Å². The Morgan fingerprint density at radius 3 is 2.72 bits per heavy atom. The molecule has 0 aliphatic rings. The number of ketones is 1. The highest BCUT2D eigenvalue weighted by molar-refractivity contribution is 6.06. The Kier molecular flexibility index (Phi) is 6.13. The Morgan fingerprint density at radius 2 is 2.03 bits per heavy atom. The zero-order chi connectivity index (χ0) is 20.8. The lowest BCUT2D eigenvalue weighted by Crippen LogP contribution is -2.11. The molecule has 0 aliphatic heterocycles. The first-order valence-electron chi connectivity index (χ1n) is 8.81.